The molecule has 1 fully saturated rings. The Labute approximate surface area is 141 Å². The van der Waals surface area contributed by atoms with Crippen LogP contribution in [0.4, 0.5) is 0 Å². The fraction of sp³-hybridized carbons (Fsp3) is 0.684. The van der Waals surface area contributed by atoms with Crippen LogP contribution in [0.2, 0.25) is 0 Å². The first-order valence-electron chi connectivity index (χ1n) is 8.91. The van der Waals surface area contributed by atoms with E-state index in [0.717, 1.165) is 51.5 Å². The molecule has 130 valence electrons. The molecule has 4 nitrogen and oxygen atoms in total. The van der Waals surface area contributed by atoms with Gasteiger partial charge in [0.1, 0.15) is 12.4 Å². The van der Waals surface area contributed by atoms with Gasteiger partial charge in [0.15, 0.2) is 0 Å². The van der Waals surface area contributed by atoms with Crippen LogP contribution in [0, 0.1) is 0 Å². The van der Waals surface area contributed by atoms with Gasteiger partial charge in [0.2, 0.25) is 0 Å². The van der Waals surface area contributed by atoms with Gasteiger partial charge in [-0.05, 0) is 31.0 Å². The van der Waals surface area contributed by atoms with Crippen molar-refractivity contribution in [3.63, 3.8) is 0 Å². The second-order valence-electron chi connectivity index (χ2n) is 6.45. The summed E-state index contributed by atoms with van der Waals surface area (Å²) in [5.74, 6) is 1.54. The third kappa shape index (κ3) is 6.13. The van der Waals surface area contributed by atoms with E-state index in [2.05, 4.69) is 48.9 Å². The average Bonchev–Trinajstić information content (AvgIpc) is 2.59. The number of benzene rings is 1. The largest absolute Gasteiger partial charge is 0.491 e. The third-order valence-electron chi connectivity index (χ3n) is 4.70. The zero-order chi connectivity index (χ0) is 16.5. The summed E-state index contributed by atoms with van der Waals surface area (Å²) in [6, 6.07) is 8.35. The molecule has 0 saturated carbocycles. The Hall–Kier alpha value is -1.10. The minimum atomic E-state index is 0.532. The second kappa shape index (κ2) is 9.91. The van der Waals surface area contributed by atoms with Crippen LogP contribution < -0.4 is 4.74 Å². The maximum Gasteiger partial charge on any atom is 0.122 e. The summed E-state index contributed by atoms with van der Waals surface area (Å²) in [4.78, 5) is 4.85. The van der Waals surface area contributed by atoms with Crippen LogP contribution in [0.15, 0.2) is 24.3 Å². The Balaban J connectivity index is 1.61. The lowest BCUT2D eigenvalue weighted by atomic mass is 9.98. The Morgan fingerprint density at radius 2 is 1.78 bits per heavy atom. The number of rotatable bonds is 9. The first-order chi connectivity index (χ1) is 11.2. The highest BCUT2D eigenvalue weighted by molar-refractivity contribution is 5.35. The van der Waals surface area contributed by atoms with Gasteiger partial charge in [0, 0.05) is 32.7 Å². The zero-order valence-corrected chi connectivity index (χ0v) is 15.0. The fourth-order valence-electron chi connectivity index (χ4n) is 2.82. The molecule has 0 aromatic heterocycles. The molecule has 4 heteroatoms. The predicted molar refractivity (Wildman–Crippen MR) is 95.4 cm³/mol. The van der Waals surface area contributed by atoms with Crippen molar-refractivity contribution in [1.82, 2.24) is 9.80 Å². The number of hydrogen-bond donors (Lipinski definition) is 0. The van der Waals surface area contributed by atoms with Gasteiger partial charge in [0.05, 0.1) is 13.2 Å². The van der Waals surface area contributed by atoms with Crippen LogP contribution in [0.25, 0.3) is 0 Å². The van der Waals surface area contributed by atoms with Gasteiger partial charge in [-0.2, -0.15) is 0 Å². The van der Waals surface area contributed by atoms with Crippen LogP contribution in [0.1, 0.15) is 31.7 Å². The van der Waals surface area contributed by atoms with Crippen molar-refractivity contribution in [2.75, 3.05) is 59.6 Å². The number of hydrogen-bond acceptors (Lipinski definition) is 4. The molecule has 0 spiro atoms. The summed E-state index contributed by atoms with van der Waals surface area (Å²) in [6.45, 7) is 12.2. The SMILES string of the molecule is CCC(C)c1ccccc1OCCOCCN1CCN(C)CC1. The molecule has 1 aromatic rings. The van der Waals surface area contributed by atoms with E-state index in [1.54, 1.807) is 0 Å². The Morgan fingerprint density at radius 3 is 2.52 bits per heavy atom. The van der Waals surface area contributed by atoms with Crippen molar-refractivity contribution in [3.05, 3.63) is 29.8 Å². The van der Waals surface area contributed by atoms with Crippen LogP contribution in [-0.4, -0.2) is 69.4 Å². The van der Waals surface area contributed by atoms with E-state index >= 15 is 0 Å². The quantitative estimate of drug-likeness (QED) is 0.653. The first-order valence-corrected chi connectivity index (χ1v) is 8.91. The van der Waals surface area contributed by atoms with Gasteiger partial charge < -0.3 is 14.4 Å². The molecule has 1 unspecified atom stereocenters. The van der Waals surface area contributed by atoms with Gasteiger partial charge in [-0.3, -0.25) is 4.90 Å². The molecule has 0 N–H and O–H groups in total. The number of nitrogens with zero attached hydrogens (tertiary/aromatic N) is 2. The van der Waals surface area contributed by atoms with E-state index in [4.69, 9.17) is 9.47 Å². The minimum absolute atomic E-state index is 0.532. The van der Waals surface area contributed by atoms with Crippen LogP contribution in [-0.2, 0) is 4.74 Å². The standard InChI is InChI=1S/C19H32N2O2/c1-4-17(2)18-7-5-6-8-19(18)23-16-15-22-14-13-21-11-9-20(3)10-12-21/h5-8,17H,4,9-16H2,1-3H3. The van der Waals surface area contributed by atoms with Crippen LogP contribution >= 0.6 is 0 Å². The number of para-hydroxylation sites is 1. The Morgan fingerprint density at radius 1 is 1.04 bits per heavy atom. The van der Waals surface area contributed by atoms with Gasteiger partial charge in [-0.1, -0.05) is 32.0 Å². The lowest BCUT2D eigenvalue weighted by molar-refractivity contribution is 0.0656. The molecule has 2 rings (SSSR count). The molecule has 0 aliphatic carbocycles. The molecule has 1 aliphatic rings. The smallest absolute Gasteiger partial charge is 0.122 e. The monoisotopic (exact) mass is 320 g/mol. The number of likely N-dealkylation sites (N-methyl/N-ethyl adjacent to an activating group) is 1. The molecule has 1 atom stereocenters. The summed E-state index contributed by atoms with van der Waals surface area (Å²) in [6.07, 6.45) is 1.13. The van der Waals surface area contributed by atoms with E-state index in [-0.39, 0.29) is 0 Å². The first kappa shape index (κ1) is 18.2. The van der Waals surface area contributed by atoms with E-state index in [0.29, 0.717) is 19.1 Å². The Kier molecular flexibility index (Phi) is 7.86. The van der Waals surface area contributed by atoms with E-state index in [9.17, 15) is 0 Å². The highest BCUT2D eigenvalue weighted by Crippen LogP contribution is 2.28. The van der Waals surface area contributed by atoms with E-state index in [1.807, 2.05) is 6.07 Å². The van der Waals surface area contributed by atoms with Crippen LogP contribution in [0.3, 0.4) is 0 Å². The van der Waals surface area contributed by atoms with Gasteiger partial charge in [0.25, 0.3) is 0 Å². The number of piperazine rings is 1. The molecule has 1 aromatic carbocycles. The normalized spacial score (nSPS) is 18.0. The van der Waals surface area contributed by atoms with Crippen molar-refractivity contribution in [1.29, 1.82) is 0 Å². The van der Waals surface area contributed by atoms with Gasteiger partial charge in [-0.25, -0.2) is 0 Å². The van der Waals surface area contributed by atoms with Gasteiger partial charge in [-0.15, -0.1) is 0 Å². The van der Waals surface area contributed by atoms with Crippen molar-refractivity contribution >= 4 is 0 Å². The van der Waals surface area contributed by atoms with Gasteiger partial charge >= 0.3 is 0 Å². The zero-order valence-electron chi connectivity index (χ0n) is 15.0. The molecule has 0 radical (unpaired) electrons. The molecule has 1 heterocycles. The van der Waals surface area contributed by atoms with Crippen LogP contribution in [0.5, 0.6) is 5.75 Å². The molecule has 0 bridgehead atoms. The maximum atomic E-state index is 5.92. The van der Waals surface area contributed by atoms with E-state index < -0.39 is 0 Å². The van der Waals surface area contributed by atoms with Crippen molar-refractivity contribution in [2.45, 2.75) is 26.2 Å². The summed E-state index contributed by atoms with van der Waals surface area (Å²) in [5.41, 5.74) is 1.30. The molecule has 0 amide bonds. The molecule has 23 heavy (non-hydrogen) atoms. The second-order valence-corrected chi connectivity index (χ2v) is 6.45. The molecular weight excluding hydrogens is 288 g/mol. The minimum Gasteiger partial charge on any atom is -0.491 e. The van der Waals surface area contributed by atoms with Crippen molar-refractivity contribution < 1.29 is 9.47 Å². The summed E-state index contributed by atoms with van der Waals surface area (Å²) in [5, 5.41) is 0. The molecular formula is C19H32N2O2. The van der Waals surface area contributed by atoms with Crippen molar-refractivity contribution in [2.24, 2.45) is 0 Å². The lowest BCUT2D eigenvalue weighted by Crippen LogP contribution is -2.45. The molecule has 1 aliphatic heterocycles. The van der Waals surface area contributed by atoms with Crippen molar-refractivity contribution in [3.8, 4) is 5.75 Å². The maximum absolute atomic E-state index is 5.92. The summed E-state index contributed by atoms with van der Waals surface area (Å²) in [7, 11) is 2.18. The summed E-state index contributed by atoms with van der Waals surface area (Å²) < 4.78 is 11.7. The topological polar surface area (TPSA) is 24.9 Å². The lowest BCUT2D eigenvalue weighted by Gasteiger charge is -2.32. The summed E-state index contributed by atoms with van der Waals surface area (Å²) >= 11 is 0. The predicted octanol–water partition coefficient (Wildman–Crippen LogP) is 2.84. The fourth-order valence-corrected chi connectivity index (χ4v) is 2.82. The molecule has 1 saturated heterocycles. The highest BCUT2D eigenvalue weighted by Gasteiger charge is 2.13. The third-order valence-corrected chi connectivity index (χ3v) is 4.70. The Bertz CT molecular complexity index is 445. The van der Waals surface area contributed by atoms with E-state index in [1.165, 1.54) is 5.56 Å². The number of ether oxygens (including phenoxy) is 2. The average molecular weight is 320 g/mol. The highest BCUT2D eigenvalue weighted by atomic mass is 16.5.